The molecule has 0 aliphatic carbocycles. The predicted octanol–water partition coefficient (Wildman–Crippen LogP) is 4.71. The minimum atomic E-state index is -0.326. The Morgan fingerprint density at radius 2 is 2.04 bits per heavy atom. The molecule has 3 rings (SSSR count). The van der Waals surface area contributed by atoms with Crippen molar-refractivity contribution in [1.29, 1.82) is 0 Å². The largest absolute Gasteiger partial charge is 0.439 e. The monoisotopic (exact) mass is 368 g/mol. The van der Waals surface area contributed by atoms with Crippen molar-refractivity contribution in [3.63, 3.8) is 0 Å². The molecule has 1 N–H and O–H groups in total. The number of nitrogens with zero attached hydrogens (tertiary/aromatic N) is 1. The number of hydrogen-bond acceptors (Lipinski definition) is 4. The number of nitrogens with one attached hydrogen (secondary N) is 1. The first-order valence-corrected chi connectivity index (χ1v) is 8.81. The van der Waals surface area contributed by atoms with Gasteiger partial charge in [0.25, 0.3) is 0 Å². The molecular formula is C20H17FN2O2S. The number of rotatable bonds is 6. The third-order valence-corrected chi connectivity index (χ3v) is 4.43. The number of carbonyl (C=O) groups is 1. The van der Waals surface area contributed by atoms with Gasteiger partial charge >= 0.3 is 0 Å². The average molecular weight is 368 g/mol. The SMILES string of the molecule is Cc1ccc(/C=C/C(=O)NCc2ccnc(Oc3ccc(F)cc3)c2)s1. The molecule has 1 amide bonds. The molecule has 2 heterocycles. The first kappa shape index (κ1) is 17.8. The Labute approximate surface area is 155 Å². The van der Waals surface area contributed by atoms with Crippen LogP contribution in [0.25, 0.3) is 6.08 Å². The summed E-state index contributed by atoms with van der Waals surface area (Å²) < 4.78 is 18.5. The van der Waals surface area contributed by atoms with E-state index in [9.17, 15) is 9.18 Å². The molecule has 0 radical (unpaired) electrons. The standard InChI is InChI=1S/C20H17FN2O2S/c1-14-2-7-18(26-14)8-9-19(24)23-13-15-10-11-22-20(12-15)25-17-5-3-16(21)4-6-17/h2-12H,13H2,1H3,(H,23,24)/b9-8+. The molecule has 4 nitrogen and oxygen atoms in total. The summed E-state index contributed by atoms with van der Waals surface area (Å²) in [6.07, 6.45) is 4.91. The number of carbonyl (C=O) groups excluding carboxylic acids is 1. The molecule has 6 heteroatoms. The lowest BCUT2D eigenvalue weighted by atomic mass is 10.2. The van der Waals surface area contributed by atoms with Crippen molar-refractivity contribution in [1.82, 2.24) is 10.3 Å². The van der Waals surface area contributed by atoms with E-state index in [1.807, 2.05) is 19.1 Å². The van der Waals surface area contributed by atoms with Gasteiger partial charge in [0.2, 0.25) is 11.8 Å². The van der Waals surface area contributed by atoms with Crippen LogP contribution in [0.4, 0.5) is 4.39 Å². The normalized spacial score (nSPS) is 10.8. The number of benzene rings is 1. The number of thiophene rings is 1. The van der Waals surface area contributed by atoms with Gasteiger partial charge in [0, 0.05) is 34.6 Å². The summed E-state index contributed by atoms with van der Waals surface area (Å²) in [7, 11) is 0. The van der Waals surface area contributed by atoms with Gasteiger partial charge in [0.1, 0.15) is 11.6 Å². The number of amides is 1. The van der Waals surface area contributed by atoms with Crippen LogP contribution in [-0.4, -0.2) is 10.9 Å². The second-order valence-electron chi connectivity index (χ2n) is 5.56. The van der Waals surface area contributed by atoms with Crippen molar-refractivity contribution >= 4 is 23.3 Å². The summed E-state index contributed by atoms with van der Waals surface area (Å²) >= 11 is 1.63. The summed E-state index contributed by atoms with van der Waals surface area (Å²) in [6, 6.07) is 13.2. The highest BCUT2D eigenvalue weighted by Gasteiger charge is 2.03. The van der Waals surface area contributed by atoms with E-state index in [2.05, 4.69) is 10.3 Å². The van der Waals surface area contributed by atoms with Crippen LogP contribution in [0.2, 0.25) is 0 Å². The quantitative estimate of drug-likeness (QED) is 0.641. The van der Waals surface area contributed by atoms with Gasteiger partial charge in [-0.05, 0) is 61.0 Å². The maximum atomic E-state index is 12.9. The van der Waals surface area contributed by atoms with Crippen molar-refractivity contribution in [3.8, 4) is 11.6 Å². The lowest BCUT2D eigenvalue weighted by molar-refractivity contribution is -0.116. The first-order valence-electron chi connectivity index (χ1n) is 7.99. The van der Waals surface area contributed by atoms with Crippen LogP contribution in [-0.2, 0) is 11.3 Å². The third-order valence-electron chi connectivity index (χ3n) is 3.46. The third kappa shape index (κ3) is 5.26. The van der Waals surface area contributed by atoms with Crippen LogP contribution < -0.4 is 10.1 Å². The number of hydrogen-bond donors (Lipinski definition) is 1. The number of pyridine rings is 1. The zero-order valence-electron chi connectivity index (χ0n) is 14.1. The minimum Gasteiger partial charge on any atom is -0.439 e. The van der Waals surface area contributed by atoms with Crippen molar-refractivity contribution in [2.45, 2.75) is 13.5 Å². The van der Waals surface area contributed by atoms with Crippen LogP contribution >= 0.6 is 11.3 Å². The van der Waals surface area contributed by atoms with Crippen LogP contribution in [0, 0.1) is 12.7 Å². The van der Waals surface area contributed by atoms with Crippen molar-refractivity contribution in [2.24, 2.45) is 0 Å². The van der Waals surface area contributed by atoms with Crippen molar-refractivity contribution < 1.29 is 13.9 Å². The summed E-state index contributed by atoms with van der Waals surface area (Å²) in [5, 5.41) is 2.82. The van der Waals surface area contributed by atoms with E-state index in [1.54, 1.807) is 35.7 Å². The van der Waals surface area contributed by atoms with Gasteiger partial charge in [-0.1, -0.05) is 0 Å². The minimum absolute atomic E-state index is 0.172. The molecule has 132 valence electrons. The average Bonchev–Trinajstić information content (AvgIpc) is 3.06. The molecule has 0 saturated carbocycles. The number of halogens is 1. The zero-order chi connectivity index (χ0) is 18.4. The van der Waals surface area contributed by atoms with Crippen LogP contribution in [0.5, 0.6) is 11.6 Å². The Morgan fingerprint density at radius 3 is 2.77 bits per heavy atom. The molecule has 0 saturated heterocycles. The van der Waals surface area contributed by atoms with E-state index in [1.165, 1.54) is 35.2 Å². The fourth-order valence-electron chi connectivity index (χ4n) is 2.19. The van der Waals surface area contributed by atoms with Gasteiger partial charge in [-0.2, -0.15) is 0 Å². The molecule has 0 fully saturated rings. The molecule has 0 aliphatic rings. The summed E-state index contributed by atoms with van der Waals surface area (Å²) in [5.74, 6) is 0.378. The second kappa shape index (κ2) is 8.40. The lowest BCUT2D eigenvalue weighted by Gasteiger charge is -2.07. The van der Waals surface area contributed by atoms with E-state index < -0.39 is 0 Å². The maximum absolute atomic E-state index is 12.9. The Morgan fingerprint density at radius 1 is 1.23 bits per heavy atom. The molecular weight excluding hydrogens is 351 g/mol. The highest BCUT2D eigenvalue weighted by Crippen LogP contribution is 2.20. The van der Waals surface area contributed by atoms with Crippen LogP contribution in [0.1, 0.15) is 15.3 Å². The molecule has 0 spiro atoms. The molecule has 0 aliphatic heterocycles. The van der Waals surface area contributed by atoms with E-state index >= 15 is 0 Å². The topological polar surface area (TPSA) is 51.2 Å². The van der Waals surface area contributed by atoms with Gasteiger partial charge < -0.3 is 10.1 Å². The Balaban J connectivity index is 1.55. The second-order valence-corrected chi connectivity index (χ2v) is 6.88. The Bertz CT molecular complexity index is 920. The van der Waals surface area contributed by atoms with Gasteiger partial charge in [0.15, 0.2) is 0 Å². The van der Waals surface area contributed by atoms with E-state index in [-0.39, 0.29) is 11.7 Å². The van der Waals surface area contributed by atoms with Gasteiger partial charge in [-0.15, -0.1) is 11.3 Å². The number of aromatic nitrogens is 1. The molecule has 3 aromatic rings. The summed E-state index contributed by atoms with van der Waals surface area (Å²) in [5.41, 5.74) is 0.853. The van der Waals surface area contributed by atoms with E-state index in [0.717, 1.165) is 10.4 Å². The summed E-state index contributed by atoms with van der Waals surface area (Å²) in [6.45, 7) is 2.38. The Hall–Kier alpha value is -2.99. The smallest absolute Gasteiger partial charge is 0.244 e. The van der Waals surface area contributed by atoms with Crippen LogP contribution in [0.3, 0.4) is 0 Å². The number of aryl methyl sites for hydroxylation is 1. The van der Waals surface area contributed by atoms with Crippen molar-refractivity contribution in [2.75, 3.05) is 0 Å². The fourth-order valence-corrected chi connectivity index (χ4v) is 2.97. The zero-order valence-corrected chi connectivity index (χ0v) is 14.9. The highest BCUT2D eigenvalue weighted by molar-refractivity contribution is 7.12. The fraction of sp³-hybridized carbons (Fsp3) is 0.100. The molecule has 0 bridgehead atoms. The molecule has 0 unspecified atom stereocenters. The molecule has 1 aromatic carbocycles. The van der Waals surface area contributed by atoms with Gasteiger partial charge in [-0.25, -0.2) is 9.37 Å². The Kier molecular flexibility index (Phi) is 5.76. The predicted molar refractivity (Wildman–Crippen MR) is 101 cm³/mol. The van der Waals surface area contributed by atoms with Crippen molar-refractivity contribution in [3.05, 3.63) is 81.9 Å². The van der Waals surface area contributed by atoms with E-state index in [0.29, 0.717) is 18.2 Å². The first-order chi connectivity index (χ1) is 12.6. The highest BCUT2D eigenvalue weighted by atomic mass is 32.1. The summed E-state index contributed by atoms with van der Waals surface area (Å²) in [4.78, 5) is 18.3. The van der Waals surface area contributed by atoms with E-state index in [4.69, 9.17) is 4.74 Å². The molecule has 2 aromatic heterocycles. The van der Waals surface area contributed by atoms with Gasteiger partial charge in [0.05, 0.1) is 0 Å². The molecule has 26 heavy (non-hydrogen) atoms. The van der Waals surface area contributed by atoms with Gasteiger partial charge in [-0.3, -0.25) is 4.79 Å². The lowest BCUT2D eigenvalue weighted by Crippen LogP contribution is -2.20. The number of ether oxygens (including phenoxy) is 1. The van der Waals surface area contributed by atoms with Crippen LogP contribution in [0.15, 0.2) is 60.8 Å². The molecule has 0 atom stereocenters. The maximum Gasteiger partial charge on any atom is 0.244 e.